The molecule has 0 amide bonds. The van der Waals surface area contributed by atoms with E-state index in [4.69, 9.17) is 0 Å². The molecule has 0 atom stereocenters. The van der Waals surface area contributed by atoms with Crippen LogP contribution >= 0.6 is 11.3 Å². The van der Waals surface area contributed by atoms with E-state index in [1.165, 1.54) is 18.3 Å². The number of hydrogen-bond donors (Lipinski definition) is 1. The van der Waals surface area contributed by atoms with Gasteiger partial charge in [-0.05, 0) is 18.4 Å². The molecule has 2 aromatic rings. The molecule has 14 heavy (non-hydrogen) atoms. The molecule has 0 unspecified atom stereocenters. The lowest BCUT2D eigenvalue weighted by molar-refractivity contribution is 0.589. The molecule has 5 heteroatoms. The lowest BCUT2D eigenvalue weighted by Gasteiger charge is -1.99. The van der Waals surface area contributed by atoms with Gasteiger partial charge in [-0.25, -0.2) is 4.98 Å². The van der Waals surface area contributed by atoms with Crippen molar-refractivity contribution in [1.82, 2.24) is 9.97 Å². The van der Waals surface area contributed by atoms with Gasteiger partial charge in [0, 0.05) is 10.9 Å². The summed E-state index contributed by atoms with van der Waals surface area (Å²) in [6.07, 6.45) is 0. The highest BCUT2D eigenvalue weighted by molar-refractivity contribution is 7.08. The molecule has 2 rings (SSSR count). The molecule has 0 bridgehead atoms. The fraction of sp³-hybridized carbons (Fsp3) is 0.111. The second kappa shape index (κ2) is 3.34. The molecule has 0 aromatic carbocycles. The van der Waals surface area contributed by atoms with Crippen molar-refractivity contribution in [3.63, 3.8) is 0 Å². The number of nitrogens with zero attached hydrogens (tertiary/aromatic N) is 1. The van der Waals surface area contributed by atoms with Crippen LogP contribution in [0.2, 0.25) is 0 Å². The van der Waals surface area contributed by atoms with E-state index in [0.717, 1.165) is 5.56 Å². The molecular weight excluding hydrogens is 203 g/mol. The first kappa shape index (κ1) is 9.08. The molecule has 0 saturated carbocycles. The summed E-state index contributed by atoms with van der Waals surface area (Å²) in [7, 11) is 0. The Bertz CT molecular complexity index is 504. The zero-order chi connectivity index (χ0) is 10.1. The van der Waals surface area contributed by atoms with E-state index in [1.54, 1.807) is 0 Å². The summed E-state index contributed by atoms with van der Waals surface area (Å²) >= 11 is 1.49. The SMILES string of the molecule is Cc1nc(-c2ccsc2)[nH]c(=O)c1F. The van der Waals surface area contributed by atoms with Gasteiger partial charge >= 0.3 is 0 Å². The maximum Gasteiger partial charge on any atom is 0.287 e. The lowest BCUT2D eigenvalue weighted by Crippen LogP contribution is -2.15. The van der Waals surface area contributed by atoms with Gasteiger partial charge in [0.05, 0.1) is 5.69 Å². The van der Waals surface area contributed by atoms with Crippen LogP contribution in [0.5, 0.6) is 0 Å². The first-order valence-electron chi connectivity index (χ1n) is 3.97. The van der Waals surface area contributed by atoms with E-state index in [9.17, 15) is 9.18 Å². The normalized spacial score (nSPS) is 10.4. The first-order valence-corrected chi connectivity index (χ1v) is 4.92. The molecule has 0 saturated heterocycles. The minimum atomic E-state index is -0.816. The van der Waals surface area contributed by atoms with Crippen molar-refractivity contribution in [1.29, 1.82) is 0 Å². The largest absolute Gasteiger partial charge is 0.304 e. The summed E-state index contributed by atoms with van der Waals surface area (Å²) in [4.78, 5) is 17.4. The van der Waals surface area contributed by atoms with Crippen molar-refractivity contribution < 1.29 is 4.39 Å². The van der Waals surface area contributed by atoms with Crippen LogP contribution in [0.25, 0.3) is 11.4 Å². The number of aryl methyl sites for hydroxylation is 1. The van der Waals surface area contributed by atoms with Crippen molar-refractivity contribution in [3.05, 3.63) is 38.7 Å². The summed E-state index contributed by atoms with van der Waals surface area (Å²) in [6.45, 7) is 1.47. The number of rotatable bonds is 1. The zero-order valence-corrected chi connectivity index (χ0v) is 8.19. The highest BCUT2D eigenvalue weighted by Gasteiger charge is 2.08. The summed E-state index contributed by atoms with van der Waals surface area (Å²) < 4.78 is 12.9. The van der Waals surface area contributed by atoms with E-state index in [0.29, 0.717) is 5.82 Å². The van der Waals surface area contributed by atoms with Crippen LogP contribution < -0.4 is 5.56 Å². The monoisotopic (exact) mass is 210 g/mol. The van der Waals surface area contributed by atoms with Crippen LogP contribution in [0.1, 0.15) is 5.69 Å². The Kier molecular flexibility index (Phi) is 2.17. The van der Waals surface area contributed by atoms with Gasteiger partial charge in [0.1, 0.15) is 5.82 Å². The van der Waals surface area contributed by atoms with Crippen molar-refractivity contribution >= 4 is 11.3 Å². The molecule has 72 valence electrons. The molecular formula is C9H7FN2OS. The van der Waals surface area contributed by atoms with Gasteiger partial charge in [-0.2, -0.15) is 15.7 Å². The van der Waals surface area contributed by atoms with Gasteiger partial charge in [0.25, 0.3) is 5.56 Å². The molecule has 3 nitrogen and oxygen atoms in total. The fourth-order valence-corrected chi connectivity index (χ4v) is 1.75. The second-order valence-electron chi connectivity index (χ2n) is 2.83. The number of aromatic amines is 1. The minimum Gasteiger partial charge on any atom is -0.304 e. The molecule has 0 aliphatic carbocycles. The predicted octanol–water partition coefficient (Wildman–Crippen LogP) is 1.95. The Morgan fingerprint density at radius 2 is 2.36 bits per heavy atom. The van der Waals surface area contributed by atoms with Crippen LogP contribution in [-0.2, 0) is 0 Å². The molecule has 0 spiro atoms. The minimum absolute atomic E-state index is 0.120. The summed E-state index contributed by atoms with van der Waals surface area (Å²) in [5, 5.41) is 3.71. The molecule has 0 radical (unpaired) electrons. The molecule has 0 fully saturated rings. The smallest absolute Gasteiger partial charge is 0.287 e. The predicted molar refractivity (Wildman–Crippen MR) is 52.9 cm³/mol. The average Bonchev–Trinajstić information content (AvgIpc) is 2.66. The Balaban J connectivity index is 2.63. The second-order valence-corrected chi connectivity index (χ2v) is 3.61. The van der Waals surface area contributed by atoms with Crippen LogP contribution in [0.4, 0.5) is 4.39 Å². The van der Waals surface area contributed by atoms with E-state index in [2.05, 4.69) is 9.97 Å². The van der Waals surface area contributed by atoms with Gasteiger partial charge in [-0.3, -0.25) is 4.79 Å². The maximum absolute atomic E-state index is 12.9. The van der Waals surface area contributed by atoms with E-state index < -0.39 is 11.4 Å². The van der Waals surface area contributed by atoms with Crippen molar-refractivity contribution in [2.75, 3.05) is 0 Å². The van der Waals surface area contributed by atoms with Gasteiger partial charge in [0.2, 0.25) is 5.82 Å². The van der Waals surface area contributed by atoms with Crippen LogP contribution in [0.15, 0.2) is 21.6 Å². The molecule has 0 aliphatic heterocycles. The first-order chi connectivity index (χ1) is 6.68. The molecule has 0 aliphatic rings. The van der Waals surface area contributed by atoms with Gasteiger partial charge in [-0.1, -0.05) is 0 Å². The quantitative estimate of drug-likeness (QED) is 0.781. The Morgan fingerprint density at radius 3 is 2.93 bits per heavy atom. The standard InChI is InChI=1S/C9H7FN2OS/c1-5-7(10)9(13)12-8(11-5)6-2-3-14-4-6/h2-4H,1H3,(H,11,12,13). The number of aromatic nitrogens is 2. The zero-order valence-electron chi connectivity index (χ0n) is 7.37. The molecule has 2 aromatic heterocycles. The fourth-order valence-electron chi connectivity index (χ4n) is 1.11. The Hall–Kier alpha value is -1.49. The summed E-state index contributed by atoms with van der Waals surface area (Å²) in [5.41, 5.74) is 0.198. The van der Waals surface area contributed by atoms with Crippen molar-refractivity contribution in [2.24, 2.45) is 0 Å². The molecule has 1 N–H and O–H groups in total. The van der Waals surface area contributed by atoms with Gasteiger partial charge < -0.3 is 4.98 Å². The number of H-pyrrole nitrogens is 1. The number of nitrogens with one attached hydrogen (secondary N) is 1. The average molecular weight is 210 g/mol. The maximum atomic E-state index is 12.9. The van der Waals surface area contributed by atoms with Gasteiger partial charge in [0.15, 0.2) is 0 Å². The van der Waals surface area contributed by atoms with Crippen molar-refractivity contribution in [3.8, 4) is 11.4 Å². The Morgan fingerprint density at radius 1 is 1.57 bits per heavy atom. The number of halogens is 1. The van der Waals surface area contributed by atoms with E-state index >= 15 is 0 Å². The third-order valence-electron chi connectivity index (χ3n) is 1.82. The highest BCUT2D eigenvalue weighted by Crippen LogP contribution is 2.17. The van der Waals surface area contributed by atoms with Gasteiger partial charge in [-0.15, -0.1) is 0 Å². The lowest BCUT2D eigenvalue weighted by atomic mass is 10.3. The number of thiophene rings is 1. The van der Waals surface area contributed by atoms with Crippen LogP contribution in [-0.4, -0.2) is 9.97 Å². The van der Waals surface area contributed by atoms with E-state index in [-0.39, 0.29) is 5.69 Å². The third kappa shape index (κ3) is 1.46. The van der Waals surface area contributed by atoms with Crippen LogP contribution in [0.3, 0.4) is 0 Å². The van der Waals surface area contributed by atoms with E-state index in [1.807, 2.05) is 16.8 Å². The summed E-state index contributed by atoms with van der Waals surface area (Å²) in [5.74, 6) is -0.404. The summed E-state index contributed by atoms with van der Waals surface area (Å²) in [6, 6.07) is 1.82. The third-order valence-corrected chi connectivity index (χ3v) is 2.51. The van der Waals surface area contributed by atoms with Crippen molar-refractivity contribution in [2.45, 2.75) is 6.92 Å². The highest BCUT2D eigenvalue weighted by atomic mass is 32.1. The topological polar surface area (TPSA) is 45.8 Å². The van der Waals surface area contributed by atoms with Crippen LogP contribution in [0, 0.1) is 12.7 Å². The number of hydrogen-bond acceptors (Lipinski definition) is 3. The molecule has 2 heterocycles. The Labute approximate surface area is 83.3 Å².